The first-order chi connectivity index (χ1) is 9.78. The third-order valence-corrected chi connectivity index (χ3v) is 5.29. The van der Waals surface area contributed by atoms with E-state index >= 15 is 0 Å². The number of benzene rings is 1. The lowest BCUT2D eigenvalue weighted by molar-refractivity contribution is -0.136. The van der Waals surface area contributed by atoms with Crippen molar-refractivity contribution in [3.05, 3.63) is 41.5 Å². The monoisotopic (exact) mass is 312 g/mol. The van der Waals surface area contributed by atoms with Crippen molar-refractivity contribution < 1.29 is 23.4 Å². The van der Waals surface area contributed by atoms with Crippen LogP contribution in [0.15, 0.2) is 40.8 Å². The van der Waals surface area contributed by atoms with Crippen LogP contribution in [0.4, 0.5) is 0 Å². The molecule has 0 aromatic heterocycles. The fraction of sp³-hybridized carbons (Fsp3) is 0.400. The van der Waals surface area contributed by atoms with Crippen LogP contribution in [0.25, 0.3) is 0 Å². The predicted molar refractivity (Wildman–Crippen MR) is 79.9 cm³/mol. The second-order valence-electron chi connectivity index (χ2n) is 4.97. The first-order valence-electron chi connectivity index (χ1n) is 6.59. The van der Waals surface area contributed by atoms with Crippen molar-refractivity contribution in [2.45, 2.75) is 36.8 Å². The van der Waals surface area contributed by atoms with Gasteiger partial charge in [-0.25, -0.2) is 8.42 Å². The summed E-state index contributed by atoms with van der Waals surface area (Å²) >= 11 is 0. The maximum atomic E-state index is 12.4. The molecule has 6 heteroatoms. The van der Waals surface area contributed by atoms with Crippen LogP contribution in [0.1, 0.15) is 25.3 Å². The van der Waals surface area contributed by atoms with Crippen molar-refractivity contribution in [2.75, 3.05) is 6.61 Å². The number of aliphatic carboxylic acids is 1. The second-order valence-corrected chi connectivity index (χ2v) is 7.10. The summed E-state index contributed by atoms with van der Waals surface area (Å²) in [6.07, 6.45) is 1.91. The van der Waals surface area contributed by atoms with E-state index in [1.807, 2.05) is 6.92 Å². The summed E-state index contributed by atoms with van der Waals surface area (Å²) < 4.78 is 24.8. The Kier molecular flexibility index (Phi) is 6.11. The minimum atomic E-state index is -3.91. The quantitative estimate of drug-likeness (QED) is 0.751. The third-order valence-electron chi connectivity index (χ3n) is 3.17. The van der Waals surface area contributed by atoms with Crippen LogP contribution in [0.5, 0.6) is 0 Å². The Morgan fingerprint density at radius 3 is 2.33 bits per heavy atom. The Morgan fingerprint density at radius 1 is 1.29 bits per heavy atom. The van der Waals surface area contributed by atoms with E-state index in [4.69, 9.17) is 5.11 Å². The van der Waals surface area contributed by atoms with E-state index in [0.717, 1.165) is 5.56 Å². The summed E-state index contributed by atoms with van der Waals surface area (Å²) in [7, 11) is -3.91. The van der Waals surface area contributed by atoms with Gasteiger partial charge >= 0.3 is 5.97 Å². The zero-order chi connectivity index (χ0) is 16.0. The number of aliphatic hydroxyl groups is 1. The molecule has 1 aromatic rings. The van der Waals surface area contributed by atoms with Gasteiger partial charge < -0.3 is 10.2 Å². The van der Waals surface area contributed by atoms with E-state index < -0.39 is 21.1 Å². The van der Waals surface area contributed by atoms with Gasteiger partial charge in [-0.15, -0.1) is 0 Å². The number of sulfone groups is 1. The average Bonchev–Trinajstić information content (AvgIpc) is 2.43. The van der Waals surface area contributed by atoms with Crippen LogP contribution >= 0.6 is 0 Å². The van der Waals surface area contributed by atoms with Crippen molar-refractivity contribution in [3.8, 4) is 0 Å². The SMILES string of the molecule is C/C(=C\CCC(C(=O)O)S(=O)(=O)c1ccc(C)cc1)CO. The number of hydrogen-bond acceptors (Lipinski definition) is 4. The molecule has 0 heterocycles. The zero-order valence-electron chi connectivity index (χ0n) is 12.1. The van der Waals surface area contributed by atoms with Crippen LogP contribution in [0.3, 0.4) is 0 Å². The summed E-state index contributed by atoms with van der Waals surface area (Å²) in [4.78, 5) is 11.3. The molecule has 0 fully saturated rings. The van der Waals surface area contributed by atoms with Gasteiger partial charge in [0, 0.05) is 0 Å². The van der Waals surface area contributed by atoms with Gasteiger partial charge in [0.2, 0.25) is 0 Å². The molecule has 0 radical (unpaired) electrons. The molecule has 0 aliphatic carbocycles. The highest BCUT2D eigenvalue weighted by atomic mass is 32.2. The highest BCUT2D eigenvalue weighted by molar-refractivity contribution is 7.92. The topological polar surface area (TPSA) is 91.7 Å². The van der Waals surface area contributed by atoms with E-state index in [2.05, 4.69) is 0 Å². The van der Waals surface area contributed by atoms with Gasteiger partial charge in [0.1, 0.15) is 0 Å². The Hall–Kier alpha value is -1.66. The molecule has 0 saturated carbocycles. The van der Waals surface area contributed by atoms with E-state index in [-0.39, 0.29) is 24.3 Å². The lowest BCUT2D eigenvalue weighted by atomic mass is 10.2. The number of rotatable bonds is 7. The average molecular weight is 312 g/mol. The van der Waals surface area contributed by atoms with Crippen LogP contribution in [-0.2, 0) is 14.6 Å². The zero-order valence-corrected chi connectivity index (χ0v) is 12.9. The minimum absolute atomic E-state index is 0.0170. The summed E-state index contributed by atoms with van der Waals surface area (Å²) in [5.41, 5.74) is 1.59. The molecule has 116 valence electrons. The molecule has 0 spiro atoms. The van der Waals surface area contributed by atoms with Gasteiger partial charge in [0.05, 0.1) is 11.5 Å². The predicted octanol–water partition coefficient (Wildman–Crippen LogP) is 1.94. The second kappa shape index (κ2) is 7.38. The molecule has 0 bridgehead atoms. The van der Waals surface area contributed by atoms with Crippen LogP contribution < -0.4 is 0 Å². The van der Waals surface area contributed by atoms with Gasteiger partial charge in [-0.1, -0.05) is 29.3 Å². The number of carboxylic acid groups (broad SMARTS) is 1. The van der Waals surface area contributed by atoms with Crippen LogP contribution in [0, 0.1) is 6.92 Å². The Bertz CT molecular complexity index is 614. The van der Waals surface area contributed by atoms with Crippen molar-refractivity contribution in [2.24, 2.45) is 0 Å². The molecule has 1 unspecified atom stereocenters. The molecule has 1 rings (SSSR count). The maximum Gasteiger partial charge on any atom is 0.322 e. The molecule has 1 atom stereocenters. The van der Waals surface area contributed by atoms with Crippen molar-refractivity contribution in [3.63, 3.8) is 0 Å². The van der Waals surface area contributed by atoms with E-state index in [9.17, 15) is 18.3 Å². The number of hydrogen-bond donors (Lipinski definition) is 2. The third kappa shape index (κ3) is 4.68. The molecule has 0 aliphatic heterocycles. The lowest BCUT2D eigenvalue weighted by Crippen LogP contribution is -2.30. The Balaban J connectivity index is 2.99. The molecule has 0 amide bonds. The number of aryl methyl sites for hydroxylation is 1. The number of aliphatic hydroxyl groups excluding tert-OH is 1. The number of allylic oxidation sites excluding steroid dienone is 1. The van der Waals surface area contributed by atoms with Crippen LogP contribution in [-0.4, -0.2) is 36.5 Å². The standard InChI is InChI=1S/C15H20O5S/c1-11-6-8-13(9-7-11)21(19,20)14(15(17)18)5-3-4-12(2)10-16/h4,6-9,14,16H,3,5,10H2,1-2H3,(H,17,18)/b12-4+. The molecule has 2 N–H and O–H groups in total. The first-order valence-corrected chi connectivity index (χ1v) is 8.13. The first kappa shape index (κ1) is 17.4. The van der Waals surface area contributed by atoms with Crippen LogP contribution in [0.2, 0.25) is 0 Å². The van der Waals surface area contributed by atoms with E-state index in [0.29, 0.717) is 5.57 Å². The van der Waals surface area contributed by atoms with Gasteiger partial charge in [-0.05, 0) is 38.8 Å². The molecule has 1 aromatic carbocycles. The maximum absolute atomic E-state index is 12.4. The molecular weight excluding hydrogens is 292 g/mol. The lowest BCUT2D eigenvalue weighted by Gasteiger charge is -2.13. The molecule has 5 nitrogen and oxygen atoms in total. The van der Waals surface area contributed by atoms with Gasteiger partial charge in [-0.3, -0.25) is 4.79 Å². The van der Waals surface area contributed by atoms with E-state index in [1.165, 1.54) is 12.1 Å². The number of carbonyl (C=O) groups is 1. The fourth-order valence-electron chi connectivity index (χ4n) is 1.85. The smallest absolute Gasteiger partial charge is 0.322 e. The van der Waals surface area contributed by atoms with Gasteiger partial charge in [-0.2, -0.15) is 0 Å². The Labute approximate surface area is 124 Å². The normalized spacial score (nSPS) is 14.0. The highest BCUT2D eigenvalue weighted by Crippen LogP contribution is 2.21. The Morgan fingerprint density at radius 2 is 1.86 bits per heavy atom. The molecule has 0 saturated heterocycles. The van der Waals surface area contributed by atoms with Gasteiger partial charge in [0.15, 0.2) is 15.1 Å². The fourth-order valence-corrected chi connectivity index (χ4v) is 3.41. The molecule has 0 aliphatic rings. The van der Waals surface area contributed by atoms with Crippen molar-refractivity contribution in [1.29, 1.82) is 0 Å². The number of carboxylic acids is 1. The molecular formula is C15H20O5S. The highest BCUT2D eigenvalue weighted by Gasteiger charge is 2.33. The van der Waals surface area contributed by atoms with E-state index in [1.54, 1.807) is 25.1 Å². The van der Waals surface area contributed by atoms with Crippen molar-refractivity contribution >= 4 is 15.8 Å². The minimum Gasteiger partial charge on any atom is -0.480 e. The van der Waals surface area contributed by atoms with Gasteiger partial charge in [0.25, 0.3) is 0 Å². The van der Waals surface area contributed by atoms with Crippen molar-refractivity contribution in [1.82, 2.24) is 0 Å². The largest absolute Gasteiger partial charge is 0.480 e. The molecule has 21 heavy (non-hydrogen) atoms. The summed E-state index contributed by atoms with van der Waals surface area (Å²) in [6.45, 7) is 3.40. The summed E-state index contributed by atoms with van der Waals surface area (Å²) in [5, 5.41) is 16.6. The summed E-state index contributed by atoms with van der Waals surface area (Å²) in [5.74, 6) is -1.36. The summed E-state index contributed by atoms with van der Waals surface area (Å²) in [6, 6.07) is 6.13.